The van der Waals surface area contributed by atoms with Crippen molar-refractivity contribution in [2.75, 3.05) is 5.73 Å². The number of aryl methyl sites for hydroxylation is 1. The largest absolute Gasteiger partial charge is 0.455 e. The average Bonchev–Trinajstić information content (AvgIpc) is 2.57. The first-order valence-electron chi connectivity index (χ1n) is 7.72. The van der Waals surface area contributed by atoms with Crippen LogP contribution in [0.25, 0.3) is 0 Å². The molecule has 0 radical (unpaired) electrons. The first-order valence-corrected chi connectivity index (χ1v) is 8.10. The standard InChI is InChI=1S/C19H17ClFN3O/c1-11-7-15(20)3-4-16(11)25-17-10-23-9-14(12(17)2)8-13-5-6-24-19(22)18(13)21/h3-7,9-10H,8H2,1-2H3,(H2,22,24). The van der Waals surface area contributed by atoms with Crippen LogP contribution in [-0.2, 0) is 6.42 Å². The summed E-state index contributed by atoms with van der Waals surface area (Å²) in [6, 6.07) is 7.03. The summed E-state index contributed by atoms with van der Waals surface area (Å²) < 4.78 is 20.1. The van der Waals surface area contributed by atoms with Crippen LogP contribution in [0.1, 0.15) is 22.3 Å². The third-order valence-electron chi connectivity index (χ3n) is 4.01. The van der Waals surface area contributed by atoms with Crippen molar-refractivity contribution in [3.8, 4) is 11.5 Å². The van der Waals surface area contributed by atoms with Gasteiger partial charge >= 0.3 is 0 Å². The molecule has 6 heteroatoms. The summed E-state index contributed by atoms with van der Waals surface area (Å²) in [5.41, 5.74) is 8.67. The number of aromatic nitrogens is 2. The molecule has 0 fully saturated rings. The van der Waals surface area contributed by atoms with Crippen molar-refractivity contribution in [3.05, 3.63) is 75.9 Å². The van der Waals surface area contributed by atoms with E-state index in [4.69, 9.17) is 22.1 Å². The first-order chi connectivity index (χ1) is 12.0. The minimum absolute atomic E-state index is 0.104. The van der Waals surface area contributed by atoms with Crippen LogP contribution in [0.2, 0.25) is 5.02 Å². The second-order valence-electron chi connectivity index (χ2n) is 5.78. The molecule has 1 aromatic carbocycles. The summed E-state index contributed by atoms with van der Waals surface area (Å²) in [4.78, 5) is 7.96. The van der Waals surface area contributed by atoms with E-state index in [0.29, 0.717) is 28.5 Å². The minimum Gasteiger partial charge on any atom is -0.455 e. The maximum absolute atomic E-state index is 14.1. The zero-order valence-electron chi connectivity index (χ0n) is 13.9. The molecular weight excluding hydrogens is 341 g/mol. The molecular formula is C19H17ClFN3O. The van der Waals surface area contributed by atoms with Crippen LogP contribution in [0.15, 0.2) is 42.9 Å². The van der Waals surface area contributed by atoms with Crippen LogP contribution in [0.4, 0.5) is 10.2 Å². The van der Waals surface area contributed by atoms with Crippen LogP contribution in [0.3, 0.4) is 0 Å². The van der Waals surface area contributed by atoms with Crippen molar-refractivity contribution >= 4 is 17.4 Å². The number of halogens is 2. The molecule has 3 aromatic rings. The van der Waals surface area contributed by atoms with Crippen molar-refractivity contribution in [3.63, 3.8) is 0 Å². The average molecular weight is 358 g/mol. The van der Waals surface area contributed by atoms with Crippen molar-refractivity contribution in [1.29, 1.82) is 0 Å². The second-order valence-corrected chi connectivity index (χ2v) is 6.22. The molecule has 0 aliphatic rings. The Morgan fingerprint density at radius 2 is 1.92 bits per heavy atom. The highest BCUT2D eigenvalue weighted by Crippen LogP contribution is 2.31. The van der Waals surface area contributed by atoms with Gasteiger partial charge in [-0.1, -0.05) is 11.6 Å². The summed E-state index contributed by atoms with van der Waals surface area (Å²) in [7, 11) is 0. The molecule has 0 saturated carbocycles. The fourth-order valence-electron chi connectivity index (χ4n) is 2.52. The number of benzene rings is 1. The fourth-order valence-corrected chi connectivity index (χ4v) is 2.74. The van der Waals surface area contributed by atoms with E-state index in [1.54, 1.807) is 24.5 Å². The van der Waals surface area contributed by atoms with Gasteiger partial charge in [0.05, 0.1) is 6.20 Å². The quantitative estimate of drug-likeness (QED) is 0.725. The second kappa shape index (κ2) is 7.07. The Labute approximate surface area is 150 Å². The zero-order valence-corrected chi connectivity index (χ0v) is 14.6. The van der Waals surface area contributed by atoms with E-state index in [0.717, 1.165) is 16.7 Å². The van der Waals surface area contributed by atoms with E-state index >= 15 is 0 Å². The van der Waals surface area contributed by atoms with Crippen LogP contribution in [-0.4, -0.2) is 9.97 Å². The van der Waals surface area contributed by atoms with Gasteiger partial charge in [0.1, 0.15) is 11.5 Å². The zero-order chi connectivity index (χ0) is 18.0. The number of ether oxygens (including phenoxy) is 1. The van der Waals surface area contributed by atoms with Crippen molar-refractivity contribution in [1.82, 2.24) is 9.97 Å². The Hall–Kier alpha value is -2.66. The van der Waals surface area contributed by atoms with Gasteiger partial charge in [0.15, 0.2) is 11.6 Å². The first kappa shape index (κ1) is 17.2. The van der Waals surface area contributed by atoms with Gasteiger partial charge in [0.25, 0.3) is 0 Å². The van der Waals surface area contributed by atoms with Crippen LogP contribution >= 0.6 is 11.6 Å². The number of nitrogen functional groups attached to an aromatic ring is 1. The molecule has 0 saturated heterocycles. The lowest BCUT2D eigenvalue weighted by Gasteiger charge is -2.14. The molecule has 2 N–H and O–H groups in total. The highest BCUT2D eigenvalue weighted by Gasteiger charge is 2.13. The lowest BCUT2D eigenvalue weighted by molar-refractivity contribution is 0.472. The molecule has 128 valence electrons. The number of hydrogen-bond acceptors (Lipinski definition) is 4. The molecule has 0 bridgehead atoms. The van der Waals surface area contributed by atoms with Crippen LogP contribution < -0.4 is 10.5 Å². The summed E-state index contributed by atoms with van der Waals surface area (Å²) in [5, 5.41) is 0.652. The van der Waals surface area contributed by atoms with Gasteiger partial charge in [-0.05, 0) is 60.4 Å². The van der Waals surface area contributed by atoms with E-state index in [1.165, 1.54) is 6.20 Å². The van der Waals surface area contributed by atoms with Gasteiger partial charge < -0.3 is 10.5 Å². The van der Waals surface area contributed by atoms with Gasteiger partial charge in [0.2, 0.25) is 0 Å². The van der Waals surface area contributed by atoms with Gasteiger partial charge in [-0.3, -0.25) is 4.98 Å². The lowest BCUT2D eigenvalue weighted by Crippen LogP contribution is -2.02. The molecule has 0 spiro atoms. The van der Waals surface area contributed by atoms with E-state index < -0.39 is 5.82 Å². The fraction of sp³-hybridized carbons (Fsp3) is 0.158. The molecule has 0 unspecified atom stereocenters. The topological polar surface area (TPSA) is 61.0 Å². The monoisotopic (exact) mass is 357 g/mol. The Balaban J connectivity index is 1.91. The van der Waals surface area contributed by atoms with E-state index in [2.05, 4.69) is 9.97 Å². The van der Waals surface area contributed by atoms with Crippen LogP contribution in [0, 0.1) is 19.7 Å². The van der Waals surface area contributed by atoms with Crippen molar-refractivity contribution in [2.45, 2.75) is 20.3 Å². The number of hydrogen-bond donors (Lipinski definition) is 1. The maximum atomic E-state index is 14.1. The Bertz CT molecular complexity index is 931. The predicted molar refractivity (Wildman–Crippen MR) is 96.7 cm³/mol. The molecule has 0 aliphatic heterocycles. The third kappa shape index (κ3) is 3.72. The number of rotatable bonds is 4. The molecule has 25 heavy (non-hydrogen) atoms. The summed E-state index contributed by atoms with van der Waals surface area (Å²) in [5.74, 6) is 0.713. The Kier molecular flexibility index (Phi) is 4.86. The normalized spacial score (nSPS) is 10.7. The highest BCUT2D eigenvalue weighted by atomic mass is 35.5. The van der Waals surface area contributed by atoms with E-state index in [1.807, 2.05) is 26.0 Å². The highest BCUT2D eigenvalue weighted by molar-refractivity contribution is 6.30. The molecule has 0 aliphatic carbocycles. The smallest absolute Gasteiger partial charge is 0.168 e. The Morgan fingerprint density at radius 3 is 2.68 bits per heavy atom. The number of anilines is 1. The maximum Gasteiger partial charge on any atom is 0.168 e. The third-order valence-corrected chi connectivity index (χ3v) is 4.24. The minimum atomic E-state index is -0.498. The SMILES string of the molecule is Cc1cc(Cl)ccc1Oc1cncc(Cc2ccnc(N)c2F)c1C. The molecule has 4 nitrogen and oxygen atoms in total. The van der Waals surface area contributed by atoms with Gasteiger partial charge in [0, 0.05) is 23.8 Å². The van der Waals surface area contributed by atoms with Crippen LogP contribution in [0.5, 0.6) is 11.5 Å². The Morgan fingerprint density at radius 1 is 1.12 bits per heavy atom. The van der Waals surface area contributed by atoms with Gasteiger partial charge in [-0.25, -0.2) is 9.37 Å². The number of pyridine rings is 2. The molecule has 0 atom stereocenters. The molecule has 0 amide bonds. The molecule has 2 heterocycles. The predicted octanol–water partition coefficient (Wildman–Crippen LogP) is 4.85. The summed E-state index contributed by atoms with van der Waals surface area (Å²) in [6.07, 6.45) is 5.19. The van der Waals surface area contributed by atoms with Gasteiger partial charge in [-0.2, -0.15) is 0 Å². The molecule has 3 rings (SSSR count). The van der Waals surface area contributed by atoms with E-state index in [9.17, 15) is 4.39 Å². The summed E-state index contributed by atoms with van der Waals surface area (Å²) in [6.45, 7) is 3.84. The van der Waals surface area contributed by atoms with E-state index in [-0.39, 0.29) is 5.82 Å². The number of nitrogens with two attached hydrogens (primary N) is 1. The summed E-state index contributed by atoms with van der Waals surface area (Å²) >= 11 is 5.98. The molecule has 2 aromatic heterocycles. The van der Waals surface area contributed by atoms with Gasteiger partial charge in [-0.15, -0.1) is 0 Å². The lowest BCUT2D eigenvalue weighted by atomic mass is 10.0. The van der Waals surface area contributed by atoms with Crippen molar-refractivity contribution in [2.24, 2.45) is 0 Å². The number of nitrogens with zero attached hydrogens (tertiary/aromatic N) is 2. The van der Waals surface area contributed by atoms with Crippen molar-refractivity contribution < 1.29 is 9.13 Å².